The second kappa shape index (κ2) is 5.36. The highest BCUT2D eigenvalue weighted by atomic mass is 15.6. The quantitative estimate of drug-likeness (QED) is 0.781. The first-order valence-electron chi connectivity index (χ1n) is 6.74. The average molecular weight is 259 g/mol. The molecular weight excluding hydrogens is 240 g/mol. The number of aromatic nitrogens is 4. The van der Waals surface area contributed by atoms with E-state index in [0.717, 1.165) is 31.3 Å². The Morgan fingerprint density at radius 2 is 1.95 bits per heavy atom. The largest absolute Gasteiger partial charge is 0.336 e. The molecule has 0 spiro atoms. The molecular formula is C13H19N6+. The lowest BCUT2D eigenvalue weighted by atomic mass is 10.3. The average Bonchev–Trinajstić information content (AvgIpc) is 2.83. The van der Waals surface area contributed by atoms with Crippen LogP contribution >= 0.6 is 0 Å². The van der Waals surface area contributed by atoms with Crippen LogP contribution in [0.2, 0.25) is 0 Å². The Bertz CT molecular complexity index is 523. The maximum Gasteiger partial charge on any atom is 0.250 e. The van der Waals surface area contributed by atoms with Gasteiger partial charge in [-0.25, -0.2) is 0 Å². The van der Waals surface area contributed by atoms with E-state index in [1.807, 2.05) is 35.0 Å². The number of nitrogens with one attached hydrogen (secondary N) is 1. The number of para-hydroxylation sites is 1. The lowest BCUT2D eigenvalue weighted by Crippen LogP contribution is -3.09. The van der Waals surface area contributed by atoms with Crippen LogP contribution in [0.3, 0.4) is 0 Å². The molecule has 1 aromatic heterocycles. The predicted molar refractivity (Wildman–Crippen MR) is 72.6 cm³/mol. The molecule has 1 unspecified atom stereocenters. The van der Waals surface area contributed by atoms with Crippen molar-refractivity contribution < 1.29 is 4.90 Å². The summed E-state index contributed by atoms with van der Waals surface area (Å²) in [5.74, 6) is 0.848. The number of likely N-dealkylation sites (N-methyl/N-ethyl adjacent to an activating group) is 1. The summed E-state index contributed by atoms with van der Waals surface area (Å²) in [6.45, 7) is 4.36. The van der Waals surface area contributed by atoms with Crippen molar-refractivity contribution in [3.8, 4) is 5.69 Å². The van der Waals surface area contributed by atoms with E-state index in [2.05, 4.69) is 27.5 Å². The smallest absolute Gasteiger partial charge is 0.250 e. The summed E-state index contributed by atoms with van der Waals surface area (Å²) >= 11 is 0. The standard InChI is InChI=1S/C13H18N6/c1-17-8-5-9-18(11-10-17)13-14-15-16-19(13)12-6-3-2-4-7-12/h2-4,6-7H,5,8-11H2,1H3/p+1. The first-order valence-corrected chi connectivity index (χ1v) is 6.74. The SMILES string of the molecule is C[NH+]1CCCN(c2nnnn2-c2ccccc2)CC1. The summed E-state index contributed by atoms with van der Waals surface area (Å²) in [5, 5.41) is 12.2. The summed E-state index contributed by atoms with van der Waals surface area (Å²) in [6, 6.07) is 10.0. The van der Waals surface area contributed by atoms with Crippen molar-refractivity contribution in [2.75, 3.05) is 38.1 Å². The number of tetrazole rings is 1. The summed E-state index contributed by atoms with van der Waals surface area (Å²) in [4.78, 5) is 3.85. The van der Waals surface area contributed by atoms with E-state index in [4.69, 9.17) is 0 Å². The molecule has 1 N–H and O–H groups in total. The maximum absolute atomic E-state index is 4.20. The number of nitrogens with zero attached hydrogens (tertiary/aromatic N) is 5. The minimum absolute atomic E-state index is 0.848. The highest BCUT2D eigenvalue weighted by Gasteiger charge is 2.20. The molecule has 1 fully saturated rings. The molecule has 1 aromatic carbocycles. The molecule has 6 heteroatoms. The lowest BCUT2D eigenvalue weighted by Gasteiger charge is -2.19. The monoisotopic (exact) mass is 259 g/mol. The van der Waals surface area contributed by atoms with Gasteiger partial charge in [0.25, 0.3) is 5.95 Å². The van der Waals surface area contributed by atoms with Gasteiger partial charge in [0.1, 0.15) is 0 Å². The van der Waals surface area contributed by atoms with Crippen LogP contribution in [0.15, 0.2) is 30.3 Å². The predicted octanol–water partition coefficient (Wildman–Crippen LogP) is -0.613. The molecule has 19 heavy (non-hydrogen) atoms. The fourth-order valence-corrected chi connectivity index (χ4v) is 2.45. The molecule has 100 valence electrons. The van der Waals surface area contributed by atoms with E-state index < -0.39 is 0 Å². The Morgan fingerprint density at radius 1 is 1.11 bits per heavy atom. The van der Waals surface area contributed by atoms with Crippen molar-refractivity contribution in [1.29, 1.82) is 0 Å². The molecule has 1 aliphatic heterocycles. The van der Waals surface area contributed by atoms with Crippen molar-refractivity contribution in [2.45, 2.75) is 6.42 Å². The Hall–Kier alpha value is -1.95. The molecule has 1 saturated heterocycles. The normalized spacial score (nSPS) is 20.3. The second-order valence-electron chi connectivity index (χ2n) is 5.02. The lowest BCUT2D eigenvalue weighted by molar-refractivity contribution is -0.876. The molecule has 0 bridgehead atoms. The zero-order valence-electron chi connectivity index (χ0n) is 11.2. The molecule has 2 aromatic rings. The Morgan fingerprint density at radius 3 is 2.79 bits per heavy atom. The van der Waals surface area contributed by atoms with Gasteiger partial charge in [-0.1, -0.05) is 23.3 Å². The Kier molecular flexibility index (Phi) is 3.41. The number of benzene rings is 1. The van der Waals surface area contributed by atoms with Crippen molar-refractivity contribution in [3.05, 3.63) is 30.3 Å². The highest BCUT2D eigenvalue weighted by molar-refractivity contribution is 5.40. The third-order valence-electron chi connectivity index (χ3n) is 3.58. The molecule has 2 heterocycles. The summed E-state index contributed by atoms with van der Waals surface area (Å²) < 4.78 is 1.82. The van der Waals surface area contributed by atoms with Crippen molar-refractivity contribution in [3.63, 3.8) is 0 Å². The van der Waals surface area contributed by atoms with Gasteiger partial charge in [0, 0.05) is 13.0 Å². The van der Waals surface area contributed by atoms with Gasteiger partial charge >= 0.3 is 0 Å². The molecule has 3 rings (SSSR count). The van der Waals surface area contributed by atoms with E-state index in [9.17, 15) is 0 Å². The third-order valence-corrected chi connectivity index (χ3v) is 3.58. The minimum Gasteiger partial charge on any atom is -0.336 e. The minimum atomic E-state index is 0.848. The van der Waals surface area contributed by atoms with E-state index in [0.29, 0.717) is 0 Å². The number of hydrogen-bond acceptors (Lipinski definition) is 4. The number of rotatable bonds is 2. The Balaban J connectivity index is 1.88. The van der Waals surface area contributed by atoms with Crippen LogP contribution in [0.5, 0.6) is 0 Å². The van der Waals surface area contributed by atoms with E-state index in [1.54, 1.807) is 4.90 Å². The molecule has 0 radical (unpaired) electrons. The van der Waals surface area contributed by atoms with Crippen LogP contribution in [0.25, 0.3) is 5.69 Å². The fourth-order valence-electron chi connectivity index (χ4n) is 2.45. The molecule has 1 atom stereocenters. The molecule has 0 saturated carbocycles. The number of anilines is 1. The van der Waals surface area contributed by atoms with Gasteiger partial charge in [-0.15, -0.1) is 0 Å². The van der Waals surface area contributed by atoms with Gasteiger partial charge in [-0.3, -0.25) is 0 Å². The topological polar surface area (TPSA) is 51.3 Å². The van der Waals surface area contributed by atoms with E-state index in [1.165, 1.54) is 13.0 Å². The number of quaternary nitrogens is 1. The summed E-state index contributed by atoms with van der Waals surface area (Å²) in [7, 11) is 2.24. The van der Waals surface area contributed by atoms with Gasteiger partial charge in [0.05, 0.1) is 32.4 Å². The first-order chi connectivity index (χ1) is 9.34. The van der Waals surface area contributed by atoms with Crippen molar-refractivity contribution >= 4 is 5.95 Å². The Labute approximate surface area is 112 Å². The first kappa shape index (κ1) is 12.1. The van der Waals surface area contributed by atoms with Gasteiger partial charge in [-0.2, -0.15) is 4.68 Å². The van der Waals surface area contributed by atoms with Crippen LogP contribution in [-0.2, 0) is 0 Å². The zero-order valence-corrected chi connectivity index (χ0v) is 11.2. The van der Waals surface area contributed by atoms with Crippen LogP contribution in [0.1, 0.15) is 6.42 Å². The third kappa shape index (κ3) is 2.58. The van der Waals surface area contributed by atoms with Gasteiger partial charge in [0.2, 0.25) is 0 Å². The zero-order chi connectivity index (χ0) is 13.1. The summed E-state index contributed by atoms with van der Waals surface area (Å²) in [5.41, 5.74) is 1.01. The second-order valence-corrected chi connectivity index (χ2v) is 5.02. The molecule has 1 aliphatic rings. The van der Waals surface area contributed by atoms with Gasteiger partial charge < -0.3 is 9.80 Å². The van der Waals surface area contributed by atoms with Crippen LogP contribution in [-0.4, -0.2) is 53.4 Å². The molecule has 0 aliphatic carbocycles. The van der Waals surface area contributed by atoms with Crippen LogP contribution in [0, 0.1) is 0 Å². The van der Waals surface area contributed by atoms with Gasteiger partial charge in [-0.05, 0) is 22.6 Å². The van der Waals surface area contributed by atoms with Gasteiger partial charge in [0.15, 0.2) is 0 Å². The molecule has 6 nitrogen and oxygen atoms in total. The van der Waals surface area contributed by atoms with Crippen molar-refractivity contribution in [2.24, 2.45) is 0 Å². The van der Waals surface area contributed by atoms with E-state index >= 15 is 0 Å². The van der Waals surface area contributed by atoms with E-state index in [-0.39, 0.29) is 0 Å². The number of hydrogen-bond donors (Lipinski definition) is 1. The molecule has 0 amide bonds. The van der Waals surface area contributed by atoms with Crippen molar-refractivity contribution in [1.82, 2.24) is 20.2 Å². The fraction of sp³-hybridized carbons (Fsp3) is 0.462. The maximum atomic E-state index is 4.20. The summed E-state index contributed by atoms with van der Waals surface area (Å²) in [6.07, 6.45) is 1.17. The van der Waals surface area contributed by atoms with Crippen LogP contribution in [0.4, 0.5) is 5.95 Å². The van der Waals surface area contributed by atoms with Crippen LogP contribution < -0.4 is 9.80 Å². The highest BCUT2D eigenvalue weighted by Crippen LogP contribution is 2.15.